The molecule has 0 saturated carbocycles. The van der Waals surface area contributed by atoms with Crippen molar-refractivity contribution in [1.29, 1.82) is 0 Å². The maximum atomic E-state index is 5.55. The van der Waals surface area contributed by atoms with Crippen molar-refractivity contribution in [3.05, 3.63) is 230 Å². The minimum Gasteiger partial charge on any atom is -0.308 e. The van der Waals surface area contributed by atoms with Crippen LogP contribution in [0.5, 0.6) is 0 Å². The predicted octanol–water partition coefficient (Wildman–Crippen LogP) is 16.8. The van der Waals surface area contributed by atoms with Gasteiger partial charge in [0.25, 0.3) is 0 Å². The number of benzene rings is 11. The lowest BCUT2D eigenvalue weighted by Gasteiger charge is -2.21. The van der Waals surface area contributed by atoms with Crippen LogP contribution in [-0.2, 0) is 6.42 Å². The smallest absolute Gasteiger partial charge is 0.166 e. The quantitative estimate of drug-likeness (QED) is 0.160. The highest BCUT2D eigenvalue weighted by Crippen LogP contribution is 2.45. The summed E-state index contributed by atoms with van der Waals surface area (Å²) in [6.07, 6.45) is 0.900. The third-order valence-corrected chi connectivity index (χ3v) is 13.9. The van der Waals surface area contributed by atoms with E-state index in [0.717, 1.165) is 67.3 Å². The maximum Gasteiger partial charge on any atom is 0.166 e. The van der Waals surface area contributed by atoms with Gasteiger partial charge in [-0.05, 0) is 126 Å². The standard InChI is InChI=1S/C64H44N4/c1-3-41-31-32-44-20-10-13-28-51(44)60(41)54-39-59(68-57-34-33-45-21-11-14-29-52(45)61(57)55-37-47-22-7-8-23-48(47)38-58(55)68)56(35-40(54)2)64-66-62(49-26-15-25-46(36-49)42-17-5-4-6-18-42)65-63(67-64)53-30-16-24-43-19-9-12-27-50(43)53/h4-39H,3H2,1-2H3. The SMILES string of the molecule is CCc1ccc2ccccc2c1-c1cc(-n2c3cc4ccccc4cc3c3c4ccccc4ccc32)c(-c2nc(-c3cccc(-c4ccccc4)c3)nc(-c3cccc4ccccc34)n2)cc1C. The van der Waals surface area contributed by atoms with Crippen LogP contribution >= 0.6 is 0 Å². The molecule has 0 radical (unpaired) electrons. The zero-order valence-electron chi connectivity index (χ0n) is 37.8. The fourth-order valence-electron chi connectivity index (χ4n) is 10.6. The van der Waals surface area contributed by atoms with E-state index >= 15 is 0 Å². The summed E-state index contributed by atoms with van der Waals surface area (Å²) in [7, 11) is 0. The molecule has 0 aliphatic heterocycles. The molecule has 0 fully saturated rings. The van der Waals surface area contributed by atoms with Crippen LogP contribution in [0.1, 0.15) is 18.1 Å². The first-order valence-electron chi connectivity index (χ1n) is 23.5. The zero-order chi connectivity index (χ0) is 45.3. The van der Waals surface area contributed by atoms with Gasteiger partial charge in [-0.25, -0.2) is 15.0 Å². The van der Waals surface area contributed by atoms with Gasteiger partial charge in [0.15, 0.2) is 17.5 Å². The average Bonchev–Trinajstić information content (AvgIpc) is 3.73. The van der Waals surface area contributed by atoms with Gasteiger partial charge >= 0.3 is 0 Å². The van der Waals surface area contributed by atoms with E-state index in [0.29, 0.717) is 17.5 Å². The number of aryl methyl sites for hydroxylation is 2. The maximum absolute atomic E-state index is 5.55. The first kappa shape index (κ1) is 39.6. The number of nitrogens with zero attached hydrogens (tertiary/aromatic N) is 4. The molecule has 2 aromatic heterocycles. The Balaban J connectivity index is 1.17. The van der Waals surface area contributed by atoms with E-state index in [9.17, 15) is 0 Å². The topological polar surface area (TPSA) is 43.6 Å². The molecule has 2 heterocycles. The lowest BCUT2D eigenvalue weighted by Crippen LogP contribution is -2.05. The van der Waals surface area contributed by atoms with Gasteiger partial charge in [-0.1, -0.05) is 189 Å². The van der Waals surface area contributed by atoms with Gasteiger partial charge in [0.1, 0.15) is 0 Å². The van der Waals surface area contributed by atoms with Crippen LogP contribution in [0, 0.1) is 6.92 Å². The van der Waals surface area contributed by atoms with Gasteiger partial charge in [0, 0.05) is 27.5 Å². The molecule has 0 aliphatic rings. The van der Waals surface area contributed by atoms with Crippen LogP contribution in [0.25, 0.3) is 127 Å². The van der Waals surface area contributed by atoms with Crippen molar-refractivity contribution in [2.24, 2.45) is 0 Å². The van der Waals surface area contributed by atoms with Gasteiger partial charge in [-0.2, -0.15) is 0 Å². The molecule has 4 nitrogen and oxygen atoms in total. The van der Waals surface area contributed by atoms with Gasteiger partial charge in [-0.15, -0.1) is 0 Å². The average molecular weight is 869 g/mol. The van der Waals surface area contributed by atoms with E-state index in [1.807, 2.05) is 0 Å². The molecule has 68 heavy (non-hydrogen) atoms. The Bertz CT molecular complexity index is 4140. The molecule has 320 valence electrons. The van der Waals surface area contributed by atoms with Crippen LogP contribution in [0.4, 0.5) is 0 Å². The molecule has 0 N–H and O–H groups in total. The summed E-state index contributed by atoms with van der Waals surface area (Å²) in [5.74, 6) is 1.85. The summed E-state index contributed by atoms with van der Waals surface area (Å²) in [5, 5.41) is 11.9. The van der Waals surface area contributed by atoms with Crippen molar-refractivity contribution in [3.8, 4) is 62.1 Å². The largest absolute Gasteiger partial charge is 0.308 e. The van der Waals surface area contributed by atoms with Crippen LogP contribution in [0.15, 0.2) is 218 Å². The van der Waals surface area contributed by atoms with Crippen LogP contribution in [0.2, 0.25) is 0 Å². The number of fused-ring (bicyclic) bond motifs is 8. The molecule has 0 amide bonds. The first-order valence-corrected chi connectivity index (χ1v) is 23.5. The fraction of sp³-hybridized carbons (Fsp3) is 0.0469. The molecular formula is C64H44N4. The van der Waals surface area contributed by atoms with E-state index in [-0.39, 0.29) is 0 Å². The summed E-state index contributed by atoms with van der Waals surface area (Å²) >= 11 is 0. The number of rotatable bonds is 7. The lowest BCUT2D eigenvalue weighted by molar-refractivity contribution is 1.06. The third kappa shape index (κ3) is 6.48. The van der Waals surface area contributed by atoms with Crippen molar-refractivity contribution < 1.29 is 0 Å². The highest BCUT2D eigenvalue weighted by molar-refractivity contribution is 6.23. The highest BCUT2D eigenvalue weighted by atomic mass is 15.1. The fourth-order valence-corrected chi connectivity index (χ4v) is 10.6. The molecule has 0 aliphatic carbocycles. The second-order valence-electron chi connectivity index (χ2n) is 17.9. The third-order valence-electron chi connectivity index (χ3n) is 13.9. The van der Waals surface area contributed by atoms with E-state index in [1.165, 1.54) is 59.8 Å². The summed E-state index contributed by atoms with van der Waals surface area (Å²) in [5.41, 5.74) is 13.2. The minimum absolute atomic E-state index is 0.609. The van der Waals surface area contributed by atoms with Crippen molar-refractivity contribution in [3.63, 3.8) is 0 Å². The van der Waals surface area contributed by atoms with Gasteiger partial charge in [0.2, 0.25) is 0 Å². The van der Waals surface area contributed by atoms with E-state index in [1.54, 1.807) is 0 Å². The number of hydrogen-bond acceptors (Lipinski definition) is 3. The first-order chi connectivity index (χ1) is 33.6. The number of hydrogen-bond donors (Lipinski definition) is 0. The molecule has 0 atom stereocenters. The van der Waals surface area contributed by atoms with Crippen LogP contribution in [0.3, 0.4) is 0 Å². The lowest BCUT2D eigenvalue weighted by atomic mass is 9.88. The summed E-state index contributed by atoms with van der Waals surface area (Å²) in [4.78, 5) is 16.4. The summed E-state index contributed by atoms with van der Waals surface area (Å²) in [6.45, 7) is 4.50. The predicted molar refractivity (Wildman–Crippen MR) is 285 cm³/mol. The second kappa shape index (κ2) is 16.0. The Kier molecular flexibility index (Phi) is 9.33. The molecule has 0 saturated heterocycles. The minimum atomic E-state index is 0.609. The monoisotopic (exact) mass is 868 g/mol. The molecular weight excluding hydrogens is 825 g/mol. The molecule has 13 rings (SSSR count). The highest BCUT2D eigenvalue weighted by Gasteiger charge is 2.24. The Morgan fingerprint density at radius 3 is 1.72 bits per heavy atom. The Morgan fingerprint density at radius 1 is 0.368 bits per heavy atom. The zero-order valence-corrected chi connectivity index (χ0v) is 37.8. The Labute approximate surface area is 394 Å². The van der Waals surface area contributed by atoms with Crippen LogP contribution < -0.4 is 0 Å². The molecule has 13 aromatic rings. The molecule has 0 unspecified atom stereocenters. The number of aromatic nitrogens is 4. The van der Waals surface area contributed by atoms with Crippen molar-refractivity contribution in [2.45, 2.75) is 20.3 Å². The van der Waals surface area contributed by atoms with Crippen molar-refractivity contribution >= 4 is 64.9 Å². The summed E-state index contributed by atoms with van der Waals surface area (Å²) in [6, 6.07) is 78.9. The van der Waals surface area contributed by atoms with Gasteiger partial charge < -0.3 is 4.57 Å². The second-order valence-corrected chi connectivity index (χ2v) is 17.9. The Hall–Kier alpha value is -8.73. The van der Waals surface area contributed by atoms with Crippen molar-refractivity contribution in [1.82, 2.24) is 19.5 Å². The van der Waals surface area contributed by atoms with E-state index in [2.05, 4.69) is 237 Å². The molecule has 0 spiro atoms. The van der Waals surface area contributed by atoms with Gasteiger partial charge in [-0.3, -0.25) is 0 Å². The van der Waals surface area contributed by atoms with E-state index in [4.69, 9.17) is 15.0 Å². The van der Waals surface area contributed by atoms with Gasteiger partial charge in [0.05, 0.1) is 16.7 Å². The normalized spacial score (nSPS) is 11.7. The molecule has 11 aromatic carbocycles. The molecule has 4 heteroatoms. The van der Waals surface area contributed by atoms with Crippen molar-refractivity contribution in [2.75, 3.05) is 0 Å². The Morgan fingerprint density at radius 2 is 0.941 bits per heavy atom. The summed E-state index contributed by atoms with van der Waals surface area (Å²) < 4.78 is 2.48. The van der Waals surface area contributed by atoms with E-state index < -0.39 is 0 Å². The molecule has 0 bridgehead atoms. The van der Waals surface area contributed by atoms with Crippen LogP contribution in [-0.4, -0.2) is 19.5 Å².